The average Bonchev–Trinajstić information content (AvgIpc) is 2.39. The first-order chi connectivity index (χ1) is 6.77. The Labute approximate surface area is 85.2 Å². The molecule has 0 fully saturated rings. The molecule has 2 heterocycles. The molecule has 1 aliphatic rings. The molecule has 70 valence electrons. The number of carboxylic acid groups (broad SMARTS) is 1. The van der Waals surface area contributed by atoms with Crippen molar-refractivity contribution in [2.75, 3.05) is 0 Å². The van der Waals surface area contributed by atoms with Crippen molar-refractivity contribution in [3.05, 3.63) is 41.1 Å². The van der Waals surface area contributed by atoms with Gasteiger partial charge >= 0.3 is 5.97 Å². The van der Waals surface area contributed by atoms with Crippen molar-refractivity contribution in [1.29, 1.82) is 0 Å². The number of carbonyl (C=O) groups is 1. The van der Waals surface area contributed by atoms with Gasteiger partial charge in [0, 0.05) is 17.3 Å². The third-order valence-corrected chi connectivity index (χ3v) is 2.79. The monoisotopic (exact) mass is 205 g/mol. The molecule has 4 heteroatoms. The van der Waals surface area contributed by atoms with Crippen molar-refractivity contribution < 1.29 is 9.90 Å². The first-order valence-corrected chi connectivity index (χ1v) is 4.87. The van der Waals surface area contributed by atoms with Gasteiger partial charge in [0.2, 0.25) is 0 Å². The van der Waals surface area contributed by atoms with Gasteiger partial charge in [-0.25, -0.2) is 4.79 Å². The fourth-order valence-electron chi connectivity index (χ4n) is 1.09. The minimum absolute atomic E-state index is 0.297. The summed E-state index contributed by atoms with van der Waals surface area (Å²) in [5.41, 5.74) is 1.30. The summed E-state index contributed by atoms with van der Waals surface area (Å²) in [6.07, 6.45) is 6.80. The third kappa shape index (κ3) is 1.70. The Balaban J connectivity index is 2.41. The number of hydrogen-bond acceptors (Lipinski definition) is 3. The molecule has 1 aliphatic heterocycles. The van der Waals surface area contributed by atoms with Crippen LogP contribution in [0.1, 0.15) is 5.56 Å². The maximum absolute atomic E-state index is 10.7. The minimum atomic E-state index is -0.908. The molecule has 0 bridgehead atoms. The molecule has 0 unspecified atom stereocenters. The number of rotatable bonds is 1. The van der Waals surface area contributed by atoms with Gasteiger partial charge in [-0.05, 0) is 23.1 Å². The van der Waals surface area contributed by atoms with Gasteiger partial charge in [0.25, 0.3) is 0 Å². The highest BCUT2D eigenvalue weighted by Crippen LogP contribution is 2.28. The minimum Gasteiger partial charge on any atom is -0.478 e. The van der Waals surface area contributed by atoms with E-state index in [1.54, 1.807) is 30.0 Å². The second kappa shape index (κ2) is 3.67. The van der Waals surface area contributed by atoms with Gasteiger partial charge in [-0.2, -0.15) is 0 Å². The molecule has 1 aromatic heterocycles. The SMILES string of the molecule is O=C(O)C1=CSc2cnccc2C=C1. The van der Waals surface area contributed by atoms with Crippen molar-refractivity contribution in [2.24, 2.45) is 0 Å². The lowest BCUT2D eigenvalue weighted by Crippen LogP contribution is -1.95. The Kier molecular flexibility index (Phi) is 2.37. The van der Waals surface area contributed by atoms with Crippen LogP contribution in [0.15, 0.2) is 40.4 Å². The molecule has 0 saturated heterocycles. The zero-order chi connectivity index (χ0) is 9.97. The first kappa shape index (κ1) is 9.02. The molecule has 0 aromatic carbocycles. The second-order valence-electron chi connectivity index (χ2n) is 2.74. The highest BCUT2D eigenvalue weighted by molar-refractivity contribution is 8.02. The van der Waals surface area contributed by atoms with Crippen molar-refractivity contribution >= 4 is 23.8 Å². The van der Waals surface area contributed by atoms with Crippen LogP contribution in [0.2, 0.25) is 0 Å². The number of aromatic nitrogens is 1. The normalized spacial score (nSPS) is 14.1. The summed E-state index contributed by atoms with van der Waals surface area (Å²) in [6.45, 7) is 0. The number of thioether (sulfide) groups is 1. The maximum atomic E-state index is 10.7. The van der Waals surface area contributed by atoms with Crippen LogP contribution in [0.4, 0.5) is 0 Å². The van der Waals surface area contributed by atoms with Crippen LogP contribution in [0.25, 0.3) is 6.08 Å². The molecule has 0 amide bonds. The number of aliphatic carboxylic acids is 1. The average molecular weight is 205 g/mol. The Bertz CT molecular complexity index is 438. The summed E-state index contributed by atoms with van der Waals surface area (Å²) >= 11 is 1.38. The number of pyridine rings is 1. The van der Waals surface area contributed by atoms with Crippen molar-refractivity contribution in [1.82, 2.24) is 4.98 Å². The van der Waals surface area contributed by atoms with E-state index in [0.29, 0.717) is 5.57 Å². The maximum Gasteiger partial charge on any atom is 0.336 e. The number of nitrogens with zero attached hydrogens (tertiary/aromatic N) is 1. The third-order valence-electron chi connectivity index (χ3n) is 1.82. The van der Waals surface area contributed by atoms with E-state index in [-0.39, 0.29) is 0 Å². The van der Waals surface area contributed by atoms with Crippen LogP contribution >= 0.6 is 11.8 Å². The molecule has 0 radical (unpaired) electrons. The fourth-order valence-corrected chi connectivity index (χ4v) is 1.92. The van der Waals surface area contributed by atoms with E-state index < -0.39 is 5.97 Å². The van der Waals surface area contributed by atoms with Gasteiger partial charge in [-0.15, -0.1) is 0 Å². The number of fused-ring (bicyclic) bond motifs is 1. The van der Waals surface area contributed by atoms with Gasteiger partial charge in [0.05, 0.1) is 5.57 Å². The second-order valence-corrected chi connectivity index (χ2v) is 3.65. The molecule has 0 saturated carbocycles. The molecule has 0 atom stereocenters. The van der Waals surface area contributed by atoms with Crippen molar-refractivity contribution in [3.63, 3.8) is 0 Å². The Morgan fingerprint density at radius 2 is 2.29 bits per heavy atom. The van der Waals surface area contributed by atoms with Gasteiger partial charge in [0.15, 0.2) is 0 Å². The summed E-state index contributed by atoms with van der Waals surface area (Å²) in [5.74, 6) is -0.908. The van der Waals surface area contributed by atoms with Crippen LogP contribution in [0.3, 0.4) is 0 Å². The quantitative estimate of drug-likeness (QED) is 0.763. The molecule has 0 aliphatic carbocycles. The summed E-state index contributed by atoms with van der Waals surface area (Å²) in [5, 5.41) is 10.4. The van der Waals surface area contributed by atoms with Crippen LogP contribution < -0.4 is 0 Å². The Morgan fingerprint density at radius 3 is 3.07 bits per heavy atom. The smallest absolute Gasteiger partial charge is 0.336 e. The molecule has 1 N–H and O–H groups in total. The summed E-state index contributed by atoms with van der Waals surface area (Å²) < 4.78 is 0. The Morgan fingerprint density at radius 1 is 1.43 bits per heavy atom. The summed E-state index contributed by atoms with van der Waals surface area (Å²) in [4.78, 5) is 15.7. The number of hydrogen-bond donors (Lipinski definition) is 1. The highest BCUT2D eigenvalue weighted by atomic mass is 32.2. The van der Waals surface area contributed by atoms with E-state index in [1.165, 1.54) is 11.8 Å². The van der Waals surface area contributed by atoms with Crippen LogP contribution in [-0.4, -0.2) is 16.1 Å². The van der Waals surface area contributed by atoms with Crippen LogP contribution in [0.5, 0.6) is 0 Å². The summed E-state index contributed by atoms with van der Waals surface area (Å²) in [6, 6.07) is 1.86. The molecule has 2 rings (SSSR count). The van der Waals surface area contributed by atoms with Gasteiger partial charge in [-0.3, -0.25) is 4.98 Å². The van der Waals surface area contributed by atoms with E-state index in [1.807, 2.05) is 6.07 Å². The topological polar surface area (TPSA) is 50.2 Å². The van der Waals surface area contributed by atoms with Gasteiger partial charge in [0.1, 0.15) is 0 Å². The first-order valence-electron chi connectivity index (χ1n) is 3.99. The lowest BCUT2D eigenvalue weighted by Gasteiger charge is -1.97. The number of carboxylic acids is 1. The molecule has 1 aromatic rings. The van der Waals surface area contributed by atoms with E-state index in [4.69, 9.17) is 5.11 Å². The van der Waals surface area contributed by atoms with Gasteiger partial charge < -0.3 is 5.11 Å². The van der Waals surface area contributed by atoms with E-state index in [0.717, 1.165) is 10.5 Å². The Hall–Kier alpha value is -1.55. The molecule has 3 nitrogen and oxygen atoms in total. The predicted molar refractivity (Wildman–Crippen MR) is 54.8 cm³/mol. The van der Waals surface area contributed by atoms with E-state index >= 15 is 0 Å². The largest absolute Gasteiger partial charge is 0.478 e. The molecule has 14 heavy (non-hydrogen) atoms. The molecule has 0 spiro atoms. The van der Waals surface area contributed by atoms with Crippen LogP contribution in [-0.2, 0) is 4.79 Å². The lowest BCUT2D eigenvalue weighted by molar-refractivity contribution is -0.132. The standard InChI is InChI=1S/C10H7NO2S/c12-10(13)8-2-1-7-3-4-11-5-9(7)14-6-8/h1-6H,(H,12,13). The van der Waals surface area contributed by atoms with E-state index in [2.05, 4.69) is 4.98 Å². The van der Waals surface area contributed by atoms with Crippen molar-refractivity contribution in [2.45, 2.75) is 4.90 Å². The predicted octanol–water partition coefficient (Wildman–Crippen LogP) is 2.17. The molecular formula is C10H7NO2S. The zero-order valence-electron chi connectivity index (χ0n) is 7.18. The van der Waals surface area contributed by atoms with Crippen LogP contribution in [0, 0.1) is 0 Å². The van der Waals surface area contributed by atoms with E-state index in [9.17, 15) is 4.79 Å². The van der Waals surface area contributed by atoms with Gasteiger partial charge in [-0.1, -0.05) is 17.8 Å². The molecular weight excluding hydrogens is 198 g/mol. The zero-order valence-corrected chi connectivity index (χ0v) is 7.99. The van der Waals surface area contributed by atoms with Crippen molar-refractivity contribution in [3.8, 4) is 0 Å². The lowest BCUT2D eigenvalue weighted by atomic mass is 10.2. The fraction of sp³-hybridized carbons (Fsp3) is 0. The highest BCUT2D eigenvalue weighted by Gasteiger charge is 2.08. The summed E-state index contributed by atoms with van der Waals surface area (Å²) in [7, 11) is 0.